The standard InChI is InChI=1S/C10H11BrN2O3/c11-7-3-6(4-8(12)5-7)10(16)13-2-1-9(14)15/h3-5H,1-2,12H2,(H,13,16)(H,14,15). The number of nitrogen functional groups attached to an aromatic ring is 1. The van der Waals surface area contributed by atoms with Gasteiger partial charge in [0.15, 0.2) is 0 Å². The van der Waals surface area contributed by atoms with Crippen LogP contribution in [0.3, 0.4) is 0 Å². The van der Waals surface area contributed by atoms with Gasteiger partial charge in [0.2, 0.25) is 0 Å². The SMILES string of the molecule is Nc1cc(Br)cc(C(=O)NCCC(=O)O)c1. The second kappa shape index (κ2) is 5.50. The molecule has 0 heterocycles. The molecule has 1 aromatic carbocycles. The van der Waals surface area contributed by atoms with Crippen molar-refractivity contribution in [2.45, 2.75) is 6.42 Å². The smallest absolute Gasteiger partial charge is 0.305 e. The van der Waals surface area contributed by atoms with Gasteiger partial charge in [0.25, 0.3) is 5.91 Å². The summed E-state index contributed by atoms with van der Waals surface area (Å²) in [5.41, 5.74) is 6.44. The first-order chi connectivity index (χ1) is 7.49. The predicted octanol–water partition coefficient (Wildman–Crippen LogP) is 1.24. The van der Waals surface area contributed by atoms with Crippen LogP contribution in [0.5, 0.6) is 0 Å². The number of carbonyl (C=O) groups excluding carboxylic acids is 1. The number of hydrogen-bond donors (Lipinski definition) is 3. The van der Waals surface area contributed by atoms with Crippen molar-refractivity contribution in [2.24, 2.45) is 0 Å². The summed E-state index contributed by atoms with van der Waals surface area (Å²) in [6.45, 7) is 0.0978. The van der Waals surface area contributed by atoms with Crippen LogP contribution < -0.4 is 11.1 Å². The summed E-state index contributed by atoms with van der Waals surface area (Å²) >= 11 is 3.22. The van der Waals surface area contributed by atoms with Crippen LogP contribution in [0.15, 0.2) is 22.7 Å². The number of carboxylic acids is 1. The van der Waals surface area contributed by atoms with Crippen LogP contribution >= 0.6 is 15.9 Å². The number of nitrogens with two attached hydrogens (primary N) is 1. The Morgan fingerprint density at radius 3 is 2.62 bits per heavy atom. The highest BCUT2D eigenvalue weighted by Gasteiger charge is 2.07. The van der Waals surface area contributed by atoms with Crippen molar-refractivity contribution >= 4 is 33.5 Å². The molecule has 0 aliphatic carbocycles. The van der Waals surface area contributed by atoms with Crippen LogP contribution in [0, 0.1) is 0 Å². The summed E-state index contributed by atoms with van der Waals surface area (Å²) in [5.74, 6) is -1.29. The van der Waals surface area contributed by atoms with E-state index in [4.69, 9.17) is 10.8 Å². The molecule has 6 heteroatoms. The van der Waals surface area contributed by atoms with Crippen molar-refractivity contribution in [2.75, 3.05) is 12.3 Å². The summed E-state index contributed by atoms with van der Waals surface area (Å²) in [5, 5.41) is 10.9. The average molecular weight is 287 g/mol. The molecule has 0 saturated heterocycles. The highest BCUT2D eigenvalue weighted by atomic mass is 79.9. The van der Waals surface area contributed by atoms with Gasteiger partial charge < -0.3 is 16.2 Å². The van der Waals surface area contributed by atoms with E-state index >= 15 is 0 Å². The molecular weight excluding hydrogens is 276 g/mol. The second-order valence-electron chi connectivity index (χ2n) is 3.17. The lowest BCUT2D eigenvalue weighted by Gasteiger charge is -2.05. The fourth-order valence-corrected chi connectivity index (χ4v) is 1.64. The van der Waals surface area contributed by atoms with Crippen molar-refractivity contribution in [1.82, 2.24) is 5.32 Å². The summed E-state index contributed by atoms with van der Waals surface area (Å²) in [7, 11) is 0. The molecule has 0 fully saturated rings. The maximum Gasteiger partial charge on any atom is 0.305 e. The first-order valence-electron chi connectivity index (χ1n) is 4.55. The fraction of sp³-hybridized carbons (Fsp3) is 0.200. The van der Waals surface area contributed by atoms with E-state index in [1.165, 1.54) is 6.07 Å². The molecule has 1 aromatic rings. The molecule has 0 radical (unpaired) electrons. The van der Waals surface area contributed by atoms with Gasteiger partial charge in [-0.15, -0.1) is 0 Å². The number of aliphatic carboxylic acids is 1. The molecule has 5 nitrogen and oxygen atoms in total. The number of benzene rings is 1. The number of amides is 1. The van der Waals surface area contributed by atoms with Gasteiger partial charge in [-0.3, -0.25) is 9.59 Å². The van der Waals surface area contributed by atoms with Gasteiger partial charge in [0, 0.05) is 22.3 Å². The maximum absolute atomic E-state index is 11.6. The molecule has 1 amide bonds. The van der Waals surface area contributed by atoms with Crippen LogP contribution in [-0.2, 0) is 4.79 Å². The maximum atomic E-state index is 11.6. The quantitative estimate of drug-likeness (QED) is 0.726. The Bertz CT molecular complexity index is 400. The minimum Gasteiger partial charge on any atom is -0.481 e. The monoisotopic (exact) mass is 286 g/mol. The first-order valence-corrected chi connectivity index (χ1v) is 5.34. The van der Waals surface area contributed by atoms with Gasteiger partial charge in [0.05, 0.1) is 6.42 Å². The number of halogens is 1. The average Bonchev–Trinajstić information content (AvgIpc) is 2.15. The fourth-order valence-electron chi connectivity index (χ4n) is 1.13. The molecule has 0 aliphatic rings. The number of carboxylic acid groups (broad SMARTS) is 1. The van der Waals surface area contributed by atoms with E-state index in [0.717, 1.165) is 0 Å². The van der Waals surface area contributed by atoms with E-state index in [-0.39, 0.29) is 18.9 Å². The Morgan fingerprint density at radius 1 is 1.38 bits per heavy atom. The Morgan fingerprint density at radius 2 is 2.06 bits per heavy atom. The van der Waals surface area contributed by atoms with Crippen LogP contribution in [0.1, 0.15) is 16.8 Å². The van der Waals surface area contributed by atoms with Gasteiger partial charge in [-0.1, -0.05) is 15.9 Å². The molecule has 0 aromatic heterocycles. The highest BCUT2D eigenvalue weighted by molar-refractivity contribution is 9.10. The van der Waals surface area contributed by atoms with Gasteiger partial charge in [-0.2, -0.15) is 0 Å². The van der Waals surface area contributed by atoms with Crippen molar-refractivity contribution in [3.63, 3.8) is 0 Å². The lowest BCUT2D eigenvalue weighted by Crippen LogP contribution is -2.26. The van der Waals surface area contributed by atoms with Crippen molar-refractivity contribution in [3.8, 4) is 0 Å². The zero-order chi connectivity index (χ0) is 12.1. The topological polar surface area (TPSA) is 92.4 Å². The summed E-state index contributed by atoms with van der Waals surface area (Å²) < 4.78 is 0.705. The molecule has 0 unspecified atom stereocenters. The molecule has 4 N–H and O–H groups in total. The van der Waals surface area contributed by atoms with Crippen LogP contribution in [0.25, 0.3) is 0 Å². The Hall–Kier alpha value is -1.56. The second-order valence-corrected chi connectivity index (χ2v) is 4.09. The third-order valence-corrected chi connectivity index (χ3v) is 2.26. The molecule has 0 aliphatic heterocycles. The molecule has 0 atom stereocenters. The molecular formula is C10H11BrN2O3. The number of rotatable bonds is 4. The number of nitrogens with one attached hydrogen (secondary N) is 1. The van der Waals surface area contributed by atoms with Crippen LogP contribution in [-0.4, -0.2) is 23.5 Å². The van der Waals surface area contributed by atoms with E-state index in [1.807, 2.05) is 0 Å². The largest absolute Gasteiger partial charge is 0.481 e. The van der Waals surface area contributed by atoms with Gasteiger partial charge in [-0.05, 0) is 18.2 Å². The molecule has 0 bridgehead atoms. The minimum atomic E-state index is -0.950. The Kier molecular flexibility index (Phi) is 4.30. The number of carbonyl (C=O) groups is 2. The minimum absolute atomic E-state index is 0.0978. The van der Waals surface area contributed by atoms with Crippen LogP contribution in [0.4, 0.5) is 5.69 Å². The van der Waals surface area contributed by atoms with Crippen molar-refractivity contribution in [3.05, 3.63) is 28.2 Å². The third kappa shape index (κ3) is 3.90. The van der Waals surface area contributed by atoms with Gasteiger partial charge in [-0.25, -0.2) is 0 Å². The lowest BCUT2D eigenvalue weighted by molar-refractivity contribution is -0.136. The van der Waals surface area contributed by atoms with E-state index < -0.39 is 5.97 Å². The van der Waals surface area contributed by atoms with Crippen molar-refractivity contribution < 1.29 is 14.7 Å². The lowest BCUT2D eigenvalue weighted by atomic mass is 10.2. The highest BCUT2D eigenvalue weighted by Crippen LogP contribution is 2.17. The van der Waals surface area contributed by atoms with Crippen molar-refractivity contribution in [1.29, 1.82) is 0 Å². The van der Waals surface area contributed by atoms with Gasteiger partial charge in [0.1, 0.15) is 0 Å². The Labute approximate surface area is 101 Å². The van der Waals surface area contributed by atoms with E-state index in [9.17, 15) is 9.59 Å². The predicted molar refractivity (Wildman–Crippen MR) is 63.1 cm³/mol. The first kappa shape index (κ1) is 12.5. The summed E-state index contributed by atoms with van der Waals surface area (Å²) in [6, 6.07) is 4.82. The van der Waals surface area contributed by atoms with E-state index in [1.54, 1.807) is 12.1 Å². The molecule has 16 heavy (non-hydrogen) atoms. The number of anilines is 1. The third-order valence-electron chi connectivity index (χ3n) is 1.81. The molecule has 0 spiro atoms. The zero-order valence-corrected chi connectivity index (χ0v) is 9.95. The number of hydrogen-bond acceptors (Lipinski definition) is 3. The normalized spacial score (nSPS) is 9.81. The van der Waals surface area contributed by atoms with Crippen LogP contribution in [0.2, 0.25) is 0 Å². The van der Waals surface area contributed by atoms with E-state index in [0.29, 0.717) is 15.7 Å². The Balaban J connectivity index is 2.62. The molecule has 0 saturated carbocycles. The molecule has 1 rings (SSSR count). The molecule has 86 valence electrons. The van der Waals surface area contributed by atoms with E-state index in [2.05, 4.69) is 21.2 Å². The summed E-state index contributed by atoms with van der Waals surface area (Å²) in [4.78, 5) is 21.8. The van der Waals surface area contributed by atoms with Gasteiger partial charge >= 0.3 is 5.97 Å². The summed E-state index contributed by atoms with van der Waals surface area (Å²) in [6.07, 6.45) is -0.102. The zero-order valence-electron chi connectivity index (χ0n) is 8.37.